The number of fused-ring (bicyclic) bond motifs is 1. The molecule has 0 atom stereocenters. The van der Waals surface area contributed by atoms with Crippen LogP contribution in [0.5, 0.6) is 0 Å². The number of hydrogen-bond acceptors (Lipinski definition) is 6. The molecule has 0 bridgehead atoms. The molecule has 0 unspecified atom stereocenters. The summed E-state index contributed by atoms with van der Waals surface area (Å²) >= 11 is 0. The topological polar surface area (TPSA) is 132 Å². The summed E-state index contributed by atoms with van der Waals surface area (Å²) in [5.41, 5.74) is -1.05. The fourth-order valence-corrected chi connectivity index (χ4v) is 5.09. The van der Waals surface area contributed by atoms with E-state index in [1.54, 1.807) is 20.9 Å². The first kappa shape index (κ1) is 23.7. The van der Waals surface area contributed by atoms with Gasteiger partial charge in [-0.15, -0.1) is 0 Å². The zero-order valence-electron chi connectivity index (χ0n) is 18.7. The van der Waals surface area contributed by atoms with Crippen LogP contribution in [-0.4, -0.2) is 49.5 Å². The van der Waals surface area contributed by atoms with Crippen molar-refractivity contribution in [2.24, 2.45) is 7.05 Å². The van der Waals surface area contributed by atoms with Gasteiger partial charge in [0.15, 0.2) is 11.2 Å². The van der Waals surface area contributed by atoms with Crippen molar-refractivity contribution in [2.45, 2.75) is 51.6 Å². The molecule has 0 aromatic carbocycles. The van der Waals surface area contributed by atoms with Gasteiger partial charge in [-0.3, -0.25) is 19.1 Å². The van der Waals surface area contributed by atoms with E-state index < -0.39 is 26.8 Å². The first-order valence-electron chi connectivity index (χ1n) is 10.5. The molecule has 0 amide bonds. The molecule has 0 aliphatic rings. The average Bonchev–Trinajstić information content (AvgIpc) is 3.06. The first-order valence-corrected chi connectivity index (χ1v) is 12.0. The minimum atomic E-state index is -3.75. The van der Waals surface area contributed by atoms with Crippen molar-refractivity contribution in [2.75, 3.05) is 13.1 Å². The number of rotatable bonds is 9. The molecule has 32 heavy (non-hydrogen) atoms. The van der Waals surface area contributed by atoms with Gasteiger partial charge in [0.1, 0.15) is 5.82 Å². The maximum Gasteiger partial charge on any atom is 0.330 e. The zero-order chi connectivity index (χ0) is 23.6. The van der Waals surface area contributed by atoms with E-state index in [0.29, 0.717) is 25.5 Å². The lowest BCUT2D eigenvalue weighted by Crippen LogP contribution is -2.32. The molecule has 1 N–H and O–H groups in total. The molecule has 3 aromatic heterocycles. The largest absolute Gasteiger partial charge is 0.330 e. The number of aromatic amines is 1. The standard InChI is InChI=1S/C20H28N6O5S/c1-5-8-11-26-18-17(19(28)22-20(26)29)23(4)15(21-18)13-24-12-14(9-10-16(24)27)32(30,31)25(6-2)7-3/h9-10,12H,5-8,11,13H2,1-4H3,(H,22,28,29). The van der Waals surface area contributed by atoms with Gasteiger partial charge in [-0.05, 0) is 12.5 Å². The smallest absolute Gasteiger partial charge is 0.324 e. The number of pyridine rings is 1. The van der Waals surface area contributed by atoms with E-state index in [0.717, 1.165) is 12.8 Å². The minimum absolute atomic E-state index is 0.00253. The molecule has 3 heterocycles. The van der Waals surface area contributed by atoms with Crippen molar-refractivity contribution in [1.82, 2.24) is 28.0 Å². The van der Waals surface area contributed by atoms with Crippen LogP contribution >= 0.6 is 0 Å². The van der Waals surface area contributed by atoms with Crippen LogP contribution in [0.2, 0.25) is 0 Å². The van der Waals surface area contributed by atoms with E-state index >= 15 is 0 Å². The van der Waals surface area contributed by atoms with Gasteiger partial charge >= 0.3 is 5.69 Å². The highest BCUT2D eigenvalue weighted by atomic mass is 32.2. The van der Waals surface area contributed by atoms with Crippen molar-refractivity contribution in [3.05, 3.63) is 55.3 Å². The van der Waals surface area contributed by atoms with Crippen LogP contribution in [-0.2, 0) is 30.2 Å². The molecule has 3 aromatic rings. The molecule has 12 heteroatoms. The Morgan fingerprint density at radius 3 is 2.41 bits per heavy atom. The van der Waals surface area contributed by atoms with Gasteiger partial charge in [0.25, 0.3) is 11.1 Å². The average molecular weight is 465 g/mol. The zero-order valence-corrected chi connectivity index (χ0v) is 19.5. The predicted molar refractivity (Wildman–Crippen MR) is 120 cm³/mol. The van der Waals surface area contributed by atoms with Crippen LogP contribution < -0.4 is 16.8 Å². The molecule has 0 aliphatic heterocycles. The number of H-pyrrole nitrogens is 1. The van der Waals surface area contributed by atoms with Crippen molar-refractivity contribution in [3.63, 3.8) is 0 Å². The molecular formula is C20H28N6O5S. The van der Waals surface area contributed by atoms with Crippen molar-refractivity contribution < 1.29 is 8.42 Å². The Bertz CT molecular complexity index is 1410. The minimum Gasteiger partial charge on any atom is -0.324 e. The van der Waals surface area contributed by atoms with E-state index in [1.807, 2.05) is 6.92 Å². The normalized spacial score (nSPS) is 12.2. The Hall–Kier alpha value is -2.99. The Morgan fingerprint density at radius 1 is 1.09 bits per heavy atom. The lowest BCUT2D eigenvalue weighted by molar-refractivity contribution is 0.444. The molecule has 3 rings (SSSR count). The SMILES string of the molecule is CCCCn1c(=O)[nH]c(=O)c2c1nc(Cn1cc(S(=O)(=O)N(CC)CC)ccc1=O)n2C. The number of aryl methyl sites for hydroxylation is 2. The van der Waals surface area contributed by atoms with Gasteiger partial charge in [-0.25, -0.2) is 18.2 Å². The molecule has 0 aliphatic carbocycles. The number of hydrogen-bond donors (Lipinski definition) is 1. The summed E-state index contributed by atoms with van der Waals surface area (Å²) < 4.78 is 31.2. The van der Waals surface area contributed by atoms with Crippen molar-refractivity contribution >= 4 is 21.2 Å². The van der Waals surface area contributed by atoms with E-state index in [9.17, 15) is 22.8 Å². The Morgan fingerprint density at radius 2 is 1.78 bits per heavy atom. The molecule has 174 valence electrons. The third-order valence-electron chi connectivity index (χ3n) is 5.45. The maximum absolute atomic E-state index is 12.9. The summed E-state index contributed by atoms with van der Waals surface area (Å²) in [6.45, 7) is 6.42. The lowest BCUT2D eigenvalue weighted by Gasteiger charge is -2.19. The van der Waals surface area contributed by atoms with Gasteiger partial charge < -0.3 is 9.13 Å². The number of imidazole rings is 1. The second-order valence-electron chi connectivity index (χ2n) is 7.44. The molecular weight excluding hydrogens is 436 g/mol. The summed E-state index contributed by atoms with van der Waals surface area (Å²) in [5.74, 6) is 0.348. The lowest BCUT2D eigenvalue weighted by atomic mass is 10.3. The maximum atomic E-state index is 12.9. The predicted octanol–water partition coefficient (Wildman–Crippen LogP) is 0.464. The van der Waals surface area contributed by atoms with Crippen LogP contribution in [0.4, 0.5) is 0 Å². The fourth-order valence-electron chi connectivity index (χ4n) is 3.61. The molecule has 0 radical (unpaired) electrons. The highest BCUT2D eigenvalue weighted by molar-refractivity contribution is 7.89. The summed E-state index contributed by atoms with van der Waals surface area (Å²) in [7, 11) is -2.13. The second-order valence-corrected chi connectivity index (χ2v) is 9.38. The number of nitrogens with one attached hydrogen (secondary N) is 1. The number of aromatic nitrogens is 5. The Labute approximate surface area is 185 Å². The highest BCUT2D eigenvalue weighted by Crippen LogP contribution is 2.15. The summed E-state index contributed by atoms with van der Waals surface area (Å²) in [6, 6.07) is 2.48. The van der Waals surface area contributed by atoms with Crippen LogP contribution in [0.1, 0.15) is 39.4 Å². The van der Waals surface area contributed by atoms with Crippen molar-refractivity contribution in [1.29, 1.82) is 0 Å². The van der Waals surface area contributed by atoms with Gasteiger partial charge in [-0.1, -0.05) is 27.2 Å². The quantitative estimate of drug-likeness (QED) is 0.489. The number of nitrogens with zero attached hydrogens (tertiary/aromatic N) is 5. The number of unbranched alkanes of at least 4 members (excludes halogenated alkanes) is 1. The molecule has 0 fully saturated rings. The summed E-state index contributed by atoms with van der Waals surface area (Å²) in [5, 5.41) is 0. The molecule has 0 spiro atoms. The van der Waals surface area contributed by atoms with E-state index in [4.69, 9.17) is 0 Å². The molecule has 11 nitrogen and oxygen atoms in total. The third kappa shape index (κ3) is 4.19. The van der Waals surface area contributed by atoms with Crippen LogP contribution in [0.25, 0.3) is 11.2 Å². The van der Waals surface area contributed by atoms with Crippen LogP contribution in [0, 0.1) is 0 Å². The Balaban J connectivity index is 2.12. The van der Waals surface area contributed by atoms with Gasteiger partial charge in [0.05, 0.1) is 11.4 Å². The molecule has 0 saturated carbocycles. The van der Waals surface area contributed by atoms with Gasteiger partial charge in [0, 0.05) is 38.9 Å². The number of sulfonamides is 1. The van der Waals surface area contributed by atoms with Gasteiger partial charge in [-0.2, -0.15) is 4.31 Å². The fraction of sp³-hybridized carbons (Fsp3) is 0.500. The monoisotopic (exact) mass is 464 g/mol. The van der Waals surface area contributed by atoms with E-state index in [2.05, 4.69) is 9.97 Å². The second kappa shape index (κ2) is 9.25. The van der Waals surface area contributed by atoms with E-state index in [-0.39, 0.29) is 22.6 Å². The van der Waals surface area contributed by atoms with Crippen molar-refractivity contribution in [3.8, 4) is 0 Å². The highest BCUT2D eigenvalue weighted by Gasteiger charge is 2.23. The van der Waals surface area contributed by atoms with Crippen LogP contribution in [0.3, 0.4) is 0 Å². The summed E-state index contributed by atoms with van der Waals surface area (Å²) in [6.07, 6.45) is 2.87. The first-order chi connectivity index (χ1) is 15.1. The summed E-state index contributed by atoms with van der Waals surface area (Å²) in [4.78, 5) is 44.0. The Kier molecular flexibility index (Phi) is 6.84. The molecule has 0 saturated heterocycles. The third-order valence-corrected chi connectivity index (χ3v) is 7.49. The van der Waals surface area contributed by atoms with Gasteiger partial charge in [0.2, 0.25) is 10.0 Å². The van der Waals surface area contributed by atoms with E-state index in [1.165, 1.54) is 36.3 Å². The van der Waals surface area contributed by atoms with Crippen LogP contribution in [0.15, 0.2) is 37.6 Å².